The zero-order valence-corrected chi connectivity index (χ0v) is 6.80. The molecule has 12 heavy (non-hydrogen) atoms. The Morgan fingerprint density at radius 1 is 1.42 bits per heavy atom. The molecule has 2 aromatic rings. The van der Waals surface area contributed by atoms with E-state index >= 15 is 0 Å². The summed E-state index contributed by atoms with van der Waals surface area (Å²) in [5.41, 5.74) is 1.18. The van der Waals surface area contributed by atoms with Crippen LogP contribution in [-0.2, 0) is 0 Å². The van der Waals surface area contributed by atoms with Crippen LogP contribution >= 0.6 is 11.6 Å². The van der Waals surface area contributed by atoms with Gasteiger partial charge in [-0.15, -0.1) is 0 Å². The Kier molecular flexibility index (Phi) is 1.53. The monoisotopic (exact) mass is 177 g/mol. The fraction of sp³-hybridized carbons (Fsp3) is 0. The van der Waals surface area contributed by atoms with E-state index in [9.17, 15) is 0 Å². The first-order valence-corrected chi connectivity index (χ1v) is 3.76. The number of nitrogens with zero attached hydrogens (tertiary/aromatic N) is 1. The molecular weight excluding hydrogens is 174 g/mol. The molecule has 0 saturated heterocycles. The molecule has 58 valence electrons. The highest BCUT2D eigenvalue weighted by Crippen LogP contribution is 2.23. The molecule has 2 nitrogen and oxygen atoms in total. The van der Waals surface area contributed by atoms with Crippen molar-refractivity contribution in [1.82, 2.24) is 0 Å². The third kappa shape index (κ3) is 0.956. The van der Waals surface area contributed by atoms with Crippen LogP contribution in [0.2, 0.25) is 5.02 Å². The van der Waals surface area contributed by atoms with Crippen molar-refractivity contribution in [1.29, 1.82) is 5.26 Å². The Hall–Kier alpha value is -1.46. The van der Waals surface area contributed by atoms with Gasteiger partial charge in [0.25, 0.3) is 0 Å². The van der Waals surface area contributed by atoms with Crippen molar-refractivity contribution in [3.05, 3.63) is 35.0 Å². The summed E-state index contributed by atoms with van der Waals surface area (Å²) in [6.07, 6.45) is 1.57. The molecule has 1 aromatic carbocycles. The Balaban J connectivity index is 2.84. The minimum Gasteiger partial charge on any atom is -0.464 e. The summed E-state index contributed by atoms with van der Waals surface area (Å²) in [4.78, 5) is 0. The molecule has 0 atom stereocenters. The minimum absolute atomic E-state index is 0.431. The van der Waals surface area contributed by atoms with Gasteiger partial charge in [0.1, 0.15) is 11.7 Å². The lowest BCUT2D eigenvalue weighted by molar-refractivity contribution is 0.616. The van der Waals surface area contributed by atoms with E-state index in [4.69, 9.17) is 21.3 Å². The van der Waals surface area contributed by atoms with Crippen LogP contribution in [-0.4, -0.2) is 0 Å². The Morgan fingerprint density at radius 3 is 3.00 bits per heavy atom. The van der Waals surface area contributed by atoms with E-state index in [-0.39, 0.29) is 0 Å². The lowest BCUT2D eigenvalue weighted by atomic mass is 10.2. The van der Waals surface area contributed by atoms with Crippen LogP contribution < -0.4 is 0 Å². The molecule has 1 aromatic heterocycles. The first kappa shape index (κ1) is 7.20. The molecule has 0 amide bonds. The number of nitriles is 1. The predicted molar refractivity (Wildman–Crippen MR) is 45.9 cm³/mol. The number of benzene rings is 1. The first-order chi connectivity index (χ1) is 5.81. The number of fused-ring (bicyclic) bond motifs is 1. The van der Waals surface area contributed by atoms with Crippen LogP contribution in [0, 0.1) is 11.3 Å². The van der Waals surface area contributed by atoms with Gasteiger partial charge in [0.05, 0.1) is 16.8 Å². The quantitative estimate of drug-likeness (QED) is 0.620. The number of halogens is 1. The van der Waals surface area contributed by atoms with Crippen molar-refractivity contribution < 1.29 is 4.42 Å². The van der Waals surface area contributed by atoms with Gasteiger partial charge in [-0.1, -0.05) is 11.6 Å². The summed E-state index contributed by atoms with van der Waals surface area (Å²) >= 11 is 5.78. The van der Waals surface area contributed by atoms with E-state index in [1.165, 1.54) is 0 Å². The van der Waals surface area contributed by atoms with Crippen LogP contribution in [0.25, 0.3) is 11.0 Å². The van der Waals surface area contributed by atoms with E-state index in [0.717, 1.165) is 5.39 Å². The molecule has 1 heterocycles. The maximum Gasteiger partial charge on any atom is 0.135 e. The number of furan rings is 1. The van der Waals surface area contributed by atoms with Crippen molar-refractivity contribution in [2.75, 3.05) is 0 Å². The molecule has 0 saturated carbocycles. The first-order valence-electron chi connectivity index (χ1n) is 3.38. The van der Waals surface area contributed by atoms with Crippen molar-refractivity contribution in [3.8, 4) is 6.07 Å². The molecule has 2 rings (SSSR count). The maximum absolute atomic E-state index is 8.65. The normalized spacial score (nSPS) is 10.0. The van der Waals surface area contributed by atoms with Crippen molar-refractivity contribution >= 4 is 22.6 Å². The third-order valence-electron chi connectivity index (χ3n) is 1.66. The topological polar surface area (TPSA) is 36.9 Å². The fourth-order valence-electron chi connectivity index (χ4n) is 1.07. The molecule has 0 aliphatic rings. The van der Waals surface area contributed by atoms with Gasteiger partial charge in [-0.3, -0.25) is 0 Å². The highest BCUT2D eigenvalue weighted by Gasteiger charge is 2.03. The molecule has 0 N–H and O–H groups in total. The van der Waals surface area contributed by atoms with Crippen LogP contribution in [0.1, 0.15) is 5.56 Å². The van der Waals surface area contributed by atoms with E-state index < -0.39 is 0 Å². The van der Waals surface area contributed by atoms with E-state index in [2.05, 4.69) is 0 Å². The van der Waals surface area contributed by atoms with Gasteiger partial charge in [-0.2, -0.15) is 5.26 Å². The lowest BCUT2D eigenvalue weighted by Crippen LogP contribution is -1.75. The number of hydrogen-bond donors (Lipinski definition) is 0. The molecule has 0 unspecified atom stereocenters. The Bertz CT molecular complexity index is 467. The molecule has 3 heteroatoms. The summed E-state index contributed by atoms with van der Waals surface area (Å²) in [6, 6.07) is 7.16. The van der Waals surface area contributed by atoms with E-state index in [1.807, 2.05) is 6.07 Å². The summed E-state index contributed by atoms with van der Waals surface area (Å²) in [5.74, 6) is 0. The SMILES string of the molecule is N#Cc1cc2ccoc2cc1Cl. The Labute approximate surface area is 74.0 Å². The molecule has 0 aliphatic carbocycles. The van der Waals surface area contributed by atoms with Crippen LogP contribution in [0.4, 0.5) is 0 Å². The van der Waals surface area contributed by atoms with Gasteiger partial charge in [0.15, 0.2) is 0 Å². The largest absolute Gasteiger partial charge is 0.464 e. The van der Waals surface area contributed by atoms with Crippen molar-refractivity contribution in [2.45, 2.75) is 0 Å². The van der Waals surface area contributed by atoms with E-state index in [1.54, 1.807) is 24.5 Å². The second-order valence-corrected chi connectivity index (χ2v) is 2.81. The average molecular weight is 178 g/mol. The molecule has 0 bridgehead atoms. The standard InChI is InChI=1S/C9H4ClNO/c10-8-4-9-6(1-2-12-9)3-7(8)5-11/h1-4H. The molecule has 0 aliphatic heterocycles. The fourth-order valence-corrected chi connectivity index (χ4v) is 1.27. The summed E-state index contributed by atoms with van der Waals surface area (Å²) in [7, 11) is 0. The molecule has 0 fully saturated rings. The number of hydrogen-bond acceptors (Lipinski definition) is 2. The predicted octanol–water partition coefficient (Wildman–Crippen LogP) is 2.96. The van der Waals surface area contributed by atoms with Crippen LogP contribution in [0.3, 0.4) is 0 Å². The van der Waals surface area contributed by atoms with Gasteiger partial charge in [-0.05, 0) is 12.1 Å². The average Bonchev–Trinajstić information content (AvgIpc) is 2.49. The molecular formula is C9H4ClNO. The minimum atomic E-state index is 0.431. The smallest absolute Gasteiger partial charge is 0.135 e. The van der Waals surface area contributed by atoms with Gasteiger partial charge in [-0.25, -0.2) is 0 Å². The zero-order valence-electron chi connectivity index (χ0n) is 6.04. The maximum atomic E-state index is 8.65. The highest BCUT2D eigenvalue weighted by atomic mass is 35.5. The van der Waals surface area contributed by atoms with Crippen LogP contribution in [0.5, 0.6) is 0 Å². The van der Waals surface area contributed by atoms with Crippen molar-refractivity contribution in [2.24, 2.45) is 0 Å². The van der Waals surface area contributed by atoms with Gasteiger partial charge < -0.3 is 4.42 Å². The highest BCUT2D eigenvalue weighted by molar-refractivity contribution is 6.32. The second kappa shape index (κ2) is 2.54. The zero-order chi connectivity index (χ0) is 8.55. The van der Waals surface area contributed by atoms with Crippen LogP contribution in [0.15, 0.2) is 28.9 Å². The lowest BCUT2D eigenvalue weighted by Gasteiger charge is -1.92. The summed E-state index contributed by atoms with van der Waals surface area (Å²) in [6.45, 7) is 0. The molecule has 0 radical (unpaired) electrons. The van der Waals surface area contributed by atoms with Gasteiger partial charge in [0, 0.05) is 11.5 Å². The van der Waals surface area contributed by atoms with Gasteiger partial charge in [0.2, 0.25) is 0 Å². The van der Waals surface area contributed by atoms with Gasteiger partial charge >= 0.3 is 0 Å². The number of rotatable bonds is 0. The van der Waals surface area contributed by atoms with Crippen molar-refractivity contribution in [3.63, 3.8) is 0 Å². The van der Waals surface area contributed by atoms with E-state index in [0.29, 0.717) is 16.2 Å². The second-order valence-electron chi connectivity index (χ2n) is 2.40. The summed E-state index contributed by atoms with van der Waals surface area (Å²) < 4.78 is 5.10. The summed E-state index contributed by atoms with van der Waals surface area (Å²) in [5, 5.41) is 9.98. The Morgan fingerprint density at radius 2 is 2.25 bits per heavy atom. The molecule has 0 spiro atoms. The third-order valence-corrected chi connectivity index (χ3v) is 1.98.